The lowest BCUT2D eigenvalue weighted by atomic mass is 10.2. The third-order valence-electron chi connectivity index (χ3n) is 3.09. The molecule has 0 fully saturated rings. The van der Waals surface area contributed by atoms with Crippen LogP contribution in [-0.4, -0.2) is 31.7 Å². The summed E-state index contributed by atoms with van der Waals surface area (Å²) in [6, 6.07) is 0. The van der Waals surface area contributed by atoms with Gasteiger partial charge >= 0.3 is 11.7 Å². The topological polar surface area (TPSA) is 99.0 Å². The summed E-state index contributed by atoms with van der Waals surface area (Å²) in [5.41, 5.74) is -0.140. The first kappa shape index (κ1) is 14.8. The van der Waals surface area contributed by atoms with E-state index in [0.29, 0.717) is 5.57 Å². The first-order chi connectivity index (χ1) is 9.86. The SMILES string of the molecule is C=C(CC(=O)OCC)c1nc2c([nH]1)c(=O)n(C)c(=O)n2C. The molecule has 0 atom stereocenters. The van der Waals surface area contributed by atoms with Crippen molar-refractivity contribution in [3.8, 4) is 0 Å². The first-order valence-corrected chi connectivity index (χ1v) is 6.36. The smallest absolute Gasteiger partial charge is 0.332 e. The Morgan fingerprint density at radius 3 is 2.62 bits per heavy atom. The monoisotopic (exact) mass is 292 g/mol. The molecule has 2 aromatic heterocycles. The number of esters is 1. The van der Waals surface area contributed by atoms with E-state index < -0.39 is 17.2 Å². The molecule has 112 valence electrons. The average molecular weight is 292 g/mol. The summed E-state index contributed by atoms with van der Waals surface area (Å²) >= 11 is 0. The highest BCUT2D eigenvalue weighted by Gasteiger charge is 2.16. The number of fused-ring (bicyclic) bond motifs is 1. The summed E-state index contributed by atoms with van der Waals surface area (Å²) in [7, 11) is 2.90. The zero-order valence-corrected chi connectivity index (χ0v) is 12.1. The van der Waals surface area contributed by atoms with E-state index in [4.69, 9.17) is 4.74 Å². The number of hydrogen-bond acceptors (Lipinski definition) is 5. The lowest BCUT2D eigenvalue weighted by Crippen LogP contribution is -2.36. The molecule has 0 aliphatic rings. The highest BCUT2D eigenvalue weighted by atomic mass is 16.5. The van der Waals surface area contributed by atoms with Crippen LogP contribution in [0.4, 0.5) is 0 Å². The summed E-state index contributed by atoms with van der Waals surface area (Å²) in [4.78, 5) is 42.3. The average Bonchev–Trinajstić information content (AvgIpc) is 2.88. The van der Waals surface area contributed by atoms with Gasteiger partial charge in [0.2, 0.25) is 0 Å². The number of aromatic amines is 1. The van der Waals surface area contributed by atoms with Gasteiger partial charge < -0.3 is 9.72 Å². The largest absolute Gasteiger partial charge is 0.466 e. The molecule has 21 heavy (non-hydrogen) atoms. The highest BCUT2D eigenvalue weighted by molar-refractivity contribution is 5.84. The number of aryl methyl sites for hydroxylation is 1. The van der Waals surface area contributed by atoms with Crippen LogP contribution in [0.15, 0.2) is 16.2 Å². The molecule has 2 heterocycles. The fraction of sp³-hybridized carbons (Fsp3) is 0.385. The van der Waals surface area contributed by atoms with Crippen LogP contribution in [-0.2, 0) is 23.6 Å². The van der Waals surface area contributed by atoms with Crippen molar-refractivity contribution in [3.63, 3.8) is 0 Å². The molecule has 0 bridgehead atoms. The molecule has 0 aliphatic heterocycles. The number of nitrogens with zero attached hydrogens (tertiary/aromatic N) is 3. The molecule has 8 nitrogen and oxygen atoms in total. The van der Waals surface area contributed by atoms with Crippen LogP contribution in [0.2, 0.25) is 0 Å². The molecule has 1 N–H and O–H groups in total. The zero-order chi connectivity index (χ0) is 15.7. The fourth-order valence-corrected chi connectivity index (χ4v) is 1.96. The van der Waals surface area contributed by atoms with Crippen LogP contribution < -0.4 is 11.2 Å². The molecule has 0 amide bonds. The molecule has 0 saturated carbocycles. The van der Waals surface area contributed by atoms with Gasteiger partial charge in [-0.2, -0.15) is 0 Å². The summed E-state index contributed by atoms with van der Waals surface area (Å²) in [5, 5.41) is 0. The summed E-state index contributed by atoms with van der Waals surface area (Å²) in [5.74, 6) is -0.138. The van der Waals surface area contributed by atoms with Crippen molar-refractivity contribution < 1.29 is 9.53 Å². The van der Waals surface area contributed by atoms with Gasteiger partial charge in [-0.05, 0) is 12.5 Å². The Labute approximate surface area is 119 Å². The molecular formula is C13H16N4O4. The van der Waals surface area contributed by atoms with E-state index in [1.807, 2.05) is 0 Å². The molecule has 0 saturated heterocycles. The Morgan fingerprint density at radius 1 is 1.33 bits per heavy atom. The van der Waals surface area contributed by atoms with Crippen LogP contribution in [0.5, 0.6) is 0 Å². The number of hydrogen-bond donors (Lipinski definition) is 1. The van der Waals surface area contributed by atoms with Gasteiger partial charge in [0.1, 0.15) is 11.3 Å². The molecule has 8 heteroatoms. The molecule has 2 aromatic rings. The molecule has 0 radical (unpaired) electrons. The first-order valence-electron chi connectivity index (χ1n) is 6.36. The summed E-state index contributed by atoms with van der Waals surface area (Å²) in [6.45, 7) is 5.74. The number of carbonyl (C=O) groups excluding carboxylic acids is 1. The Balaban J connectivity index is 2.49. The Morgan fingerprint density at radius 2 is 2.00 bits per heavy atom. The second-order valence-electron chi connectivity index (χ2n) is 4.58. The quantitative estimate of drug-likeness (QED) is 0.795. The Bertz CT molecular complexity index is 840. The van der Waals surface area contributed by atoms with Gasteiger partial charge in [0.15, 0.2) is 5.65 Å². The van der Waals surface area contributed by atoms with Gasteiger partial charge in [0.05, 0.1) is 13.0 Å². The predicted molar refractivity (Wildman–Crippen MR) is 76.9 cm³/mol. The third kappa shape index (κ3) is 2.51. The minimum absolute atomic E-state index is 0.0398. The van der Waals surface area contributed by atoms with Crippen molar-refractivity contribution in [3.05, 3.63) is 33.2 Å². The van der Waals surface area contributed by atoms with Crippen LogP contribution in [0.1, 0.15) is 19.2 Å². The van der Waals surface area contributed by atoms with E-state index in [2.05, 4.69) is 16.5 Å². The molecule has 2 rings (SSSR count). The van der Waals surface area contributed by atoms with Crippen molar-refractivity contribution in [2.24, 2.45) is 14.1 Å². The van der Waals surface area contributed by atoms with Crippen molar-refractivity contribution in [2.75, 3.05) is 6.61 Å². The molecule has 0 aromatic carbocycles. The molecule has 0 unspecified atom stereocenters. The van der Waals surface area contributed by atoms with Crippen molar-refractivity contribution in [1.29, 1.82) is 0 Å². The van der Waals surface area contributed by atoms with Crippen LogP contribution in [0.25, 0.3) is 16.7 Å². The molecular weight excluding hydrogens is 276 g/mol. The number of nitrogens with one attached hydrogen (secondary N) is 1. The van der Waals surface area contributed by atoms with E-state index in [1.54, 1.807) is 6.92 Å². The van der Waals surface area contributed by atoms with E-state index in [9.17, 15) is 14.4 Å². The predicted octanol–water partition coefficient (Wildman–Crippen LogP) is -0.0733. The normalized spacial score (nSPS) is 10.8. The number of carbonyl (C=O) groups is 1. The zero-order valence-electron chi connectivity index (χ0n) is 12.1. The van der Waals surface area contributed by atoms with Crippen molar-refractivity contribution in [1.82, 2.24) is 19.1 Å². The van der Waals surface area contributed by atoms with Crippen LogP contribution in [0, 0.1) is 0 Å². The van der Waals surface area contributed by atoms with Gasteiger partial charge in [-0.1, -0.05) is 6.58 Å². The highest BCUT2D eigenvalue weighted by Crippen LogP contribution is 2.15. The minimum atomic E-state index is -0.476. The maximum Gasteiger partial charge on any atom is 0.332 e. The summed E-state index contributed by atoms with van der Waals surface area (Å²) in [6.07, 6.45) is -0.0398. The van der Waals surface area contributed by atoms with Gasteiger partial charge in [-0.25, -0.2) is 9.78 Å². The lowest BCUT2D eigenvalue weighted by molar-refractivity contribution is -0.141. The number of H-pyrrole nitrogens is 1. The number of rotatable bonds is 4. The number of ether oxygens (including phenoxy) is 1. The number of aromatic nitrogens is 4. The second kappa shape index (κ2) is 5.39. The van der Waals surface area contributed by atoms with E-state index in [1.165, 1.54) is 18.7 Å². The Kier molecular flexibility index (Phi) is 3.79. The third-order valence-corrected chi connectivity index (χ3v) is 3.09. The van der Waals surface area contributed by atoms with Gasteiger partial charge in [-0.3, -0.25) is 18.7 Å². The van der Waals surface area contributed by atoms with Gasteiger partial charge in [0.25, 0.3) is 5.56 Å². The maximum absolute atomic E-state index is 12.0. The molecule has 0 aliphatic carbocycles. The maximum atomic E-state index is 12.0. The Hall–Kier alpha value is -2.64. The van der Waals surface area contributed by atoms with Crippen molar-refractivity contribution >= 4 is 22.7 Å². The second-order valence-corrected chi connectivity index (χ2v) is 4.58. The molecule has 0 spiro atoms. The van der Waals surface area contributed by atoms with Crippen LogP contribution >= 0.6 is 0 Å². The number of imidazole rings is 1. The standard InChI is InChI=1S/C13H16N4O4/c1-5-21-8(18)6-7(2)10-14-9-11(15-10)16(3)13(20)17(4)12(9)19/h2,5-6H2,1,3-4H3,(H,14,15). The van der Waals surface area contributed by atoms with Crippen LogP contribution in [0.3, 0.4) is 0 Å². The lowest BCUT2D eigenvalue weighted by Gasteiger charge is -2.02. The van der Waals surface area contributed by atoms with Gasteiger partial charge in [-0.15, -0.1) is 0 Å². The fourth-order valence-electron chi connectivity index (χ4n) is 1.96. The van der Waals surface area contributed by atoms with E-state index in [0.717, 1.165) is 4.57 Å². The van der Waals surface area contributed by atoms with E-state index >= 15 is 0 Å². The summed E-state index contributed by atoms with van der Waals surface area (Å²) < 4.78 is 7.07. The van der Waals surface area contributed by atoms with Gasteiger partial charge in [0, 0.05) is 14.1 Å². The van der Waals surface area contributed by atoms with E-state index in [-0.39, 0.29) is 30.0 Å². The minimum Gasteiger partial charge on any atom is -0.466 e. The van der Waals surface area contributed by atoms with Crippen molar-refractivity contribution in [2.45, 2.75) is 13.3 Å².